The summed E-state index contributed by atoms with van der Waals surface area (Å²) in [4.78, 5) is 0. The minimum Gasteiger partial charge on any atom is -0.387 e. The molecule has 2 unspecified atom stereocenters. The molecule has 1 rings (SSSR count). The first-order valence-electron chi connectivity index (χ1n) is 4.75. The molecule has 0 aliphatic heterocycles. The van der Waals surface area contributed by atoms with E-state index in [2.05, 4.69) is 15.9 Å². The maximum atomic E-state index is 13.7. The number of aliphatic hydroxyl groups excluding tert-OH is 1. The van der Waals surface area contributed by atoms with Crippen LogP contribution in [0.4, 0.5) is 4.39 Å². The van der Waals surface area contributed by atoms with Crippen LogP contribution in [0.5, 0.6) is 0 Å². The first kappa shape index (κ1) is 12.6. The summed E-state index contributed by atoms with van der Waals surface area (Å²) in [6.07, 6.45) is -0.837. The monoisotopic (exact) mass is 275 g/mol. The third-order valence-electron chi connectivity index (χ3n) is 2.55. The number of hydrogen-bond acceptors (Lipinski definition) is 2. The van der Waals surface area contributed by atoms with Crippen molar-refractivity contribution in [3.05, 3.63) is 33.0 Å². The van der Waals surface area contributed by atoms with Crippen LogP contribution in [0.2, 0.25) is 0 Å². The lowest BCUT2D eigenvalue weighted by Gasteiger charge is -2.19. The Morgan fingerprint density at radius 1 is 1.40 bits per heavy atom. The molecule has 0 spiro atoms. The highest BCUT2D eigenvalue weighted by Gasteiger charge is 2.19. The molecule has 0 radical (unpaired) electrons. The first-order chi connectivity index (χ1) is 6.86. The van der Waals surface area contributed by atoms with Crippen LogP contribution in [0.3, 0.4) is 0 Å². The van der Waals surface area contributed by atoms with Crippen LogP contribution >= 0.6 is 15.9 Å². The molecule has 0 heterocycles. The molecule has 0 saturated carbocycles. The Kier molecular flexibility index (Phi) is 3.87. The quantitative estimate of drug-likeness (QED) is 0.872. The third-order valence-corrected chi connectivity index (χ3v) is 3.37. The largest absolute Gasteiger partial charge is 0.387 e. The highest BCUT2D eigenvalue weighted by Crippen LogP contribution is 2.29. The molecule has 4 heteroatoms. The van der Waals surface area contributed by atoms with E-state index in [1.807, 2.05) is 0 Å². The van der Waals surface area contributed by atoms with E-state index >= 15 is 0 Å². The van der Waals surface area contributed by atoms with Gasteiger partial charge in [-0.05, 0) is 43.5 Å². The van der Waals surface area contributed by atoms with Crippen LogP contribution in [-0.2, 0) is 0 Å². The van der Waals surface area contributed by atoms with Gasteiger partial charge in [0.2, 0.25) is 0 Å². The molecule has 0 aromatic heterocycles. The Balaban J connectivity index is 3.32. The lowest BCUT2D eigenvalue weighted by atomic mass is 9.97. The highest BCUT2D eigenvalue weighted by molar-refractivity contribution is 9.10. The van der Waals surface area contributed by atoms with Gasteiger partial charge in [0.05, 0.1) is 6.10 Å². The Morgan fingerprint density at radius 2 is 1.93 bits per heavy atom. The zero-order valence-corrected chi connectivity index (χ0v) is 10.6. The Labute approximate surface area is 97.4 Å². The van der Waals surface area contributed by atoms with Gasteiger partial charge in [0.15, 0.2) is 0 Å². The molecule has 0 bridgehead atoms. The fourth-order valence-corrected chi connectivity index (χ4v) is 1.88. The maximum Gasteiger partial charge on any atom is 0.130 e. The van der Waals surface area contributed by atoms with Gasteiger partial charge in [-0.25, -0.2) is 4.39 Å². The normalized spacial score (nSPS) is 15.1. The van der Waals surface area contributed by atoms with Gasteiger partial charge in [0.25, 0.3) is 0 Å². The van der Waals surface area contributed by atoms with E-state index in [1.165, 1.54) is 0 Å². The van der Waals surface area contributed by atoms with Gasteiger partial charge in [-0.1, -0.05) is 15.9 Å². The summed E-state index contributed by atoms with van der Waals surface area (Å²) in [6, 6.07) is 1.31. The number of benzene rings is 1. The fourth-order valence-electron chi connectivity index (χ4n) is 1.46. The summed E-state index contributed by atoms with van der Waals surface area (Å²) in [5.74, 6) is -0.293. The van der Waals surface area contributed by atoms with Crippen LogP contribution < -0.4 is 5.73 Å². The Hall–Kier alpha value is -0.450. The van der Waals surface area contributed by atoms with Crippen molar-refractivity contribution in [2.24, 2.45) is 5.73 Å². The van der Waals surface area contributed by atoms with Gasteiger partial charge >= 0.3 is 0 Å². The molecule has 0 amide bonds. The van der Waals surface area contributed by atoms with Gasteiger partial charge in [-0.15, -0.1) is 0 Å². The summed E-state index contributed by atoms with van der Waals surface area (Å²) in [5.41, 5.74) is 7.14. The van der Waals surface area contributed by atoms with Crippen molar-refractivity contribution in [1.29, 1.82) is 0 Å². The maximum absolute atomic E-state index is 13.7. The van der Waals surface area contributed by atoms with Crippen LogP contribution in [0, 0.1) is 19.7 Å². The highest BCUT2D eigenvalue weighted by atomic mass is 79.9. The van der Waals surface area contributed by atoms with E-state index in [9.17, 15) is 9.50 Å². The molecule has 2 nitrogen and oxygen atoms in total. The second-order valence-electron chi connectivity index (χ2n) is 3.82. The average Bonchev–Trinajstić information content (AvgIpc) is 2.19. The van der Waals surface area contributed by atoms with Crippen LogP contribution in [0.25, 0.3) is 0 Å². The number of halogens is 2. The zero-order chi connectivity index (χ0) is 11.7. The molecule has 0 aliphatic rings. The standard InChI is InChI=1S/C11H15BrFNO/c1-5-8(11(15)7(3)14)4-9(12)6(2)10(5)13/h4,7,11,15H,14H2,1-3H3. The second-order valence-corrected chi connectivity index (χ2v) is 4.67. The van der Waals surface area contributed by atoms with Gasteiger partial charge in [0.1, 0.15) is 5.82 Å². The van der Waals surface area contributed by atoms with Gasteiger partial charge in [0, 0.05) is 10.5 Å². The lowest BCUT2D eigenvalue weighted by molar-refractivity contribution is 0.152. The van der Waals surface area contributed by atoms with Crippen LogP contribution in [0.15, 0.2) is 10.5 Å². The minimum atomic E-state index is -0.837. The van der Waals surface area contributed by atoms with Crippen LogP contribution in [0.1, 0.15) is 29.7 Å². The molecule has 84 valence electrons. The predicted molar refractivity (Wildman–Crippen MR) is 62.2 cm³/mol. The molecular weight excluding hydrogens is 261 g/mol. The summed E-state index contributed by atoms with van der Waals surface area (Å²) in [5, 5.41) is 9.81. The van der Waals surface area contributed by atoms with E-state index < -0.39 is 12.1 Å². The molecule has 15 heavy (non-hydrogen) atoms. The summed E-state index contributed by atoms with van der Waals surface area (Å²) in [6.45, 7) is 5.03. The first-order valence-corrected chi connectivity index (χ1v) is 5.54. The average molecular weight is 276 g/mol. The van der Waals surface area contributed by atoms with Crippen molar-refractivity contribution >= 4 is 15.9 Å². The van der Waals surface area contributed by atoms with E-state index in [4.69, 9.17) is 5.73 Å². The summed E-state index contributed by atoms with van der Waals surface area (Å²) < 4.78 is 14.3. The number of nitrogens with two attached hydrogens (primary N) is 1. The molecule has 0 fully saturated rings. The number of aliphatic hydroxyl groups is 1. The molecular formula is C11H15BrFNO. The van der Waals surface area contributed by atoms with Gasteiger partial charge in [-0.3, -0.25) is 0 Å². The SMILES string of the molecule is Cc1c(Br)cc(C(O)C(C)N)c(C)c1F. The molecule has 0 saturated heterocycles. The second kappa shape index (κ2) is 4.60. The van der Waals surface area contributed by atoms with Crippen molar-refractivity contribution in [2.45, 2.75) is 32.9 Å². The minimum absolute atomic E-state index is 0.293. The fraction of sp³-hybridized carbons (Fsp3) is 0.455. The molecule has 2 atom stereocenters. The van der Waals surface area contributed by atoms with Crippen molar-refractivity contribution in [2.75, 3.05) is 0 Å². The molecule has 1 aromatic rings. The Morgan fingerprint density at radius 3 is 2.40 bits per heavy atom. The Bertz CT molecular complexity index is 379. The molecule has 0 aliphatic carbocycles. The van der Waals surface area contributed by atoms with Crippen LogP contribution in [-0.4, -0.2) is 11.1 Å². The van der Waals surface area contributed by atoms with Crippen molar-refractivity contribution in [3.8, 4) is 0 Å². The van der Waals surface area contributed by atoms with E-state index in [-0.39, 0.29) is 5.82 Å². The topological polar surface area (TPSA) is 46.2 Å². The third kappa shape index (κ3) is 2.38. The van der Waals surface area contributed by atoms with Gasteiger partial charge < -0.3 is 10.8 Å². The molecule has 1 aromatic carbocycles. The van der Waals surface area contributed by atoms with Gasteiger partial charge in [-0.2, -0.15) is 0 Å². The zero-order valence-electron chi connectivity index (χ0n) is 9.01. The molecule has 3 N–H and O–H groups in total. The lowest BCUT2D eigenvalue weighted by Crippen LogP contribution is -2.25. The predicted octanol–water partition coefficient (Wildman–Crippen LogP) is 2.59. The van der Waals surface area contributed by atoms with E-state index in [0.717, 1.165) is 0 Å². The van der Waals surface area contributed by atoms with Crippen molar-refractivity contribution < 1.29 is 9.50 Å². The smallest absolute Gasteiger partial charge is 0.130 e. The van der Waals surface area contributed by atoms with Crippen molar-refractivity contribution in [1.82, 2.24) is 0 Å². The van der Waals surface area contributed by atoms with E-state index in [0.29, 0.717) is 21.2 Å². The van der Waals surface area contributed by atoms with E-state index in [1.54, 1.807) is 26.8 Å². The van der Waals surface area contributed by atoms with Crippen molar-refractivity contribution in [3.63, 3.8) is 0 Å². The number of hydrogen-bond donors (Lipinski definition) is 2. The summed E-state index contributed by atoms with van der Waals surface area (Å²) >= 11 is 3.26. The number of rotatable bonds is 2. The summed E-state index contributed by atoms with van der Waals surface area (Å²) in [7, 11) is 0.